The number of nitrogens with one attached hydrogen (secondary N) is 2. The largest absolute Gasteiger partial charge is 0.354 e. The molecule has 0 aromatic rings. The van der Waals surface area contributed by atoms with Gasteiger partial charge in [-0.3, -0.25) is 4.99 Å². The summed E-state index contributed by atoms with van der Waals surface area (Å²) in [7, 11) is -2.85. The molecule has 158 valence electrons. The first-order valence-corrected chi connectivity index (χ1v) is 11.7. The molecule has 1 aliphatic carbocycles. The van der Waals surface area contributed by atoms with Gasteiger partial charge in [0.25, 0.3) is 0 Å². The third kappa shape index (κ3) is 7.01. The van der Waals surface area contributed by atoms with Crippen molar-refractivity contribution in [3.63, 3.8) is 0 Å². The number of sulfone groups is 1. The molecule has 0 aromatic heterocycles. The molecule has 1 saturated carbocycles. The lowest BCUT2D eigenvalue weighted by Crippen LogP contribution is -2.45. The number of ether oxygens (including phenoxy) is 2. The number of nitrogens with zero attached hydrogens (tertiary/aromatic N) is 1. The molecule has 2 aliphatic heterocycles. The highest BCUT2D eigenvalue weighted by atomic mass is 127. The molecule has 3 aliphatic rings. The van der Waals surface area contributed by atoms with E-state index in [1.54, 1.807) is 0 Å². The van der Waals surface area contributed by atoms with Crippen LogP contribution in [0.5, 0.6) is 0 Å². The van der Waals surface area contributed by atoms with E-state index < -0.39 is 9.84 Å². The Balaban J connectivity index is 0.00000261. The third-order valence-corrected chi connectivity index (χ3v) is 7.12. The molecule has 0 aromatic carbocycles. The monoisotopic (exact) mass is 515 g/mol. The van der Waals surface area contributed by atoms with Crippen molar-refractivity contribution in [3.8, 4) is 0 Å². The highest BCUT2D eigenvalue weighted by Crippen LogP contribution is 2.37. The van der Waals surface area contributed by atoms with Crippen LogP contribution in [0.4, 0.5) is 0 Å². The van der Waals surface area contributed by atoms with E-state index in [4.69, 9.17) is 9.47 Å². The molecule has 7 nitrogen and oxygen atoms in total. The van der Waals surface area contributed by atoms with Gasteiger partial charge in [-0.05, 0) is 39.0 Å². The van der Waals surface area contributed by atoms with Crippen molar-refractivity contribution >= 4 is 39.8 Å². The third-order valence-electron chi connectivity index (χ3n) is 5.29. The molecule has 2 unspecified atom stereocenters. The van der Waals surface area contributed by atoms with Gasteiger partial charge < -0.3 is 20.1 Å². The molecule has 3 fully saturated rings. The predicted molar refractivity (Wildman–Crippen MR) is 117 cm³/mol. The summed E-state index contributed by atoms with van der Waals surface area (Å²) in [4.78, 5) is 4.61. The van der Waals surface area contributed by atoms with Crippen LogP contribution >= 0.6 is 24.0 Å². The molecular formula is C18H34IN3O4S. The Kier molecular flexibility index (Phi) is 8.63. The lowest BCUT2D eigenvalue weighted by molar-refractivity contribution is -0.186. The van der Waals surface area contributed by atoms with Gasteiger partial charge in [-0.15, -0.1) is 24.0 Å². The zero-order valence-electron chi connectivity index (χ0n) is 16.4. The van der Waals surface area contributed by atoms with Gasteiger partial charge in [0.1, 0.15) is 6.10 Å². The average Bonchev–Trinajstić information content (AvgIpc) is 3.13. The average molecular weight is 515 g/mol. The van der Waals surface area contributed by atoms with Gasteiger partial charge in [0.15, 0.2) is 21.6 Å². The summed E-state index contributed by atoms with van der Waals surface area (Å²) in [5.41, 5.74) is 0. The van der Waals surface area contributed by atoms with Crippen LogP contribution in [0, 0.1) is 5.92 Å². The van der Waals surface area contributed by atoms with Crippen molar-refractivity contribution in [2.45, 2.75) is 70.3 Å². The first-order chi connectivity index (χ1) is 12.4. The van der Waals surface area contributed by atoms with E-state index in [-0.39, 0.29) is 53.6 Å². The molecule has 0 bridgehead atoms. The van der Waals surface area contributed by atoms with Gasteiger partial charge in [0.05, 0.1) is 18.1 Å². The van der Waals surface area contributed by atoms with Crippen LogP contribution in [-0.2, 0) is 19.3 Å². The molecule has 3 rings (SSSR count). The lowest BCUT2D eigenvalue weighted by atomic mass is 9.94. The van der Waals surface area contributed by atoms with Crippen molar-refractivity contribution < 1.29 is 17.9 Å². The summed E-state index contributed by atoms with van der Waals surface area (Å²) < 4.78 is 35.4. The quantitative estimate of drug-likeness (QED) is 0.331. The second kappa shape index (κ2) is 10.1. The summed E-state index contributed by atoms with van der Waals surface area (Å²) in [5, 5.41) is 6.66. The first-order valence-electron chi connectivity index (χ1n) is 9.93. The molecule has 2 N–H and O–H groups in total. The Morgan fingerprint density at radius 2 is 2.00 bits per heavy atom. The normalized spacial score (nSPS) is 29.7. The van der Waals surface area contributed by atoms with Crippen LogP contribution in [0.2, 0.25) is 0 Å². The number of hydrogen-bond acceptors (Lipinski definition) is 5. The van der Waals surface area contributed by atoms with Gasteiger partial charge in [0, 0.05) is 32.0 Å². The number of halogens is 1. The molecule has 2 heterocycles. The number of hydrogen-bond donors (Lipinski definition) is 2. The SMILES string of the molecule is CC(C)NC(=NCC1CCS(=O)(=O)C1)NCC1COC2(CCCCC2)O1.I. The second-order valence-electron chi connectivity index (χ2n) is 8.16. The predicted octanol–water partition coefficient (Wildman–Crippen LogP) is 2.06. The van der Waals surface area contributed by atoms with Crippen LogP contribution in [0.1, 0.15) is 52.4 Å². The van der Waals surface area contributed by atoms with E-state index in [1.807, 2.05) is 0 Å². The Morgan fingerprint density at radius 1 is 1.26 bits per heavy atom. The van der Waals surface area contributed by atoms with Crippen molar-refractivity contribution in [1.82, 2.24) is 10.6 Å². The maximum atomic E-state index is 11.6. The molecule has 2 atom stereocenters. The van der Waals surface area contributed by atoms with Crippen molar-refractivity contribution in [2.75, 3.05) is 31.2 Å². The Labute approximate surface area is 180 Å². The van der Waals surface area contributed by atoms with Crippen molar-refractivity contribution in [1.29, 1.82) is 0 Å². The smallest absolute Gasteiger partial charge is 0.191 e. The standard InChI is InChI=1S/C18H33N3O4S.HI/c1-14(2)21-17(19-10-15-6-9-26(22,23)13-15)20-11-16-12-24-18(25-16)7-4-3-5-8-18;/h14-16H,3-13H2,1-2H3,(H2,19,20,21);1H. The Hall–Kier alpha value is -0.130. The van der Waals surface area contributed by atoms with E-state index in [2.05, 4.69) is 29.5 Å². The summed E-state index contributed by atoms with van der Waals surface area (Å²) in [5.74, 6) is 1.04. The highest BCUT2D eigenvalue weighted by molar-refractivity contribution is 14.0. The van der Waals surface area contributed by atoms with Crippen molar-refractivity contribution in [2.24, 2.45) is 10.9 Å². The molecular weight excluding hydrogens is 481 g/mol. The van der Waals surface area contributed by atoms with E-state index in [9.17, 15) is 8.42 Å². The lowest BCUT2D eigenvalue weighted by Gasteiger charge is -2.31. The van der Waals surface area contributed by atoms with Crippen LogP contribution in [0.3, 0.4) is 0 Å². The zero-order chi connectivity index (χ0) is 18.6. The Bertz CT molecular complexity index is 606. The number of rotatable bonds is 5. The molecule has 9 heteroatoms. The van der Waals surface area contributed by atoms with Crippen LogP contribution in [-0.4, -0.2) is 63.5 Å². The summed E-state index contributed by atoms with van der Waals surface area (Å²) in [6.45, 7) is 5.91. The van der Waals surface area contributed by atoms with Gasteiger partial charge >= 0.3 is 0 Å². The second-order valence-corrected chi connectivity index (χ2v) is 10.4. The number of aliphatic imine (C=N–C) groups is 1. The summed E-state index contributed by atoms with van der Waals surface area (Å²) in [6, 6.07) is 0.249. The molecule has 1 spiro atoms. The fourth-order valence-corrected chi connectivity index (χ4v) is 5.79. The van der Waals surface area contributed by atoms with Crippen LogP contribution < -0.4 is 10.6 Å². The molecule has 2 saturated heterocycles. The fraction of sp³-hybridized carbons (Fsp3) is 0.944. The van der Waals surface area contributed by atoms with Gasteiger partial charge in [-0.25, -0.2) is 8.42 Å². The summed E-state index contributed by atoms with van der Waals surface area (Å²) in [6.07, 6.45) is 6.33. The van der Waals surface area contributed by atoms with Crippen molar-refractivity contribution in [3.05, 3.63) is 0 Å². The Morgan fingerprint density at radius 3 is 2.63 bits per heavy atom. The minimum atomic E-state index is -2.85. The maximum Gasteiger partial charge on any atom is 0.191 e. The van der Waals surface area contributed by atoms with Gasteiger partial charge in [0.2, 0.25) is 0 Å². The van der Waals surface area contributed by atoms with Gasteiger partial charge in [-0.2, -0.15) is 0 Å². The highest BCUT2D eigenvalue weighted by Gasteiger charge is 2.42. The molecule has 0 amide bonds. The summed E-state index contributed by atoms with van der Waals surface area (Å²) >= 11 is 0. The van der Waals surface area contributed by atoms with E-state index in [0.29, 0.717) is 31.9 Å². The maximum absolute atomic E-state index is 11.6. The first kappa shape index (κ1) is 23.2. The molecule has 0 radical (unpaired) electrons. The van der Waals surface area contributed by atoms with E-state index in [0.717, 1.165) is 18.8 Å². The van der Waals surface area contributed by atoms with Crippen LogP contribution in [0.15, 0.2) is 4.99 Å². The fourth-order valence-electron chi connectivity index (χ4n) is 3.94. The zero-order valence-corrected chi connectivity index (χ0v) is 19.6. The molecule has 27 heavy (non-hydrogen) atoms. The van der Waals surface area contributed by atoms with E-state index in [1.165, 1.54) is 19.3 Å². The minimum Gasteiger partial charge on any atom is -0.354 e. The number of guanidine groups is 1. The van der Waals surface area contributed by atoms with Crippen LogP contribution in [0.25, 0.3) is 0 Å². The van der Waals surface area contributed by atoms with E-state index >= 15 is 0 Å². The topological polar surface area (TPSA) is 89.0 Å². The minimum absolute atomic E-state index is 0. The van der Waals surface area contributed by atoms with Gasteiger partial charge in [-0.1, -0.05) is 6.42 Å².